The van der Waals surface area contributed by atoms with E-state index in [2.05, 4.69) is 25.9 Å². The number of hydrogen-bond acceptors (Lipinski definition) is 9. The number of anilines is 2. The van der Waals surface area contributed by atoms with E-state index in [1.165, 1.54) is 40.4 Å². The van der Waals surface area contributed by atoms with Crippen LogP contribution in [0, 0.1) is 0 Å². The Labute approximate surface area is 250 Å². The number of carbonyl (C=O) groups excluding carboxylic acids is 2. The lowest BCUT2D eigenvalue weighted by molar-refractivity contribution is -0.119. The molecular formula is C31H31N5O8. The Morgan fingerprint density at radius 3 is 2.30 bits per heavy atom. The van der Waals surface area contributed by atoms with E-state index in [4.69, 9.17) is 14.2 Å². The van der Waals surface area contributed by atoms with Crippen molar-refractivity contribution in [1.29, 1.82) is 0 Å². The molecule has 3 aromatic carbocycles. The van der Waals surface area contributed by atoms with Crippen LogP contribution in [-0.4, -0.2) is 49.7 Å². The van der Waals surface area contributed by atoms with E-state index in [9.17, 15) is 24.0 Å². The third-order valence-electron chi connectivity index (χ3n) is 7.36. The minimum absolute atomic E-state index is 0.163. The molecule has 0 aliphatic heterocycles. The quantitative estimate of drug-likeness (QED) is 0.190. The number of aromatic nitrogens is 2. The zero-order chi connectivity index (χ0) is 31.5. The highest BCUT2D eigenvalue weighted by Gasteiger charge is 2.29. The van der Waals surface area contributed by atoms with Gasteiger partial charge in [0.25, 0.3) is 0 Å². The predicted molar refractivity (Wildman–Crippen MR) is 165 cm³/mol. The normalized spacial score (nSPS) is 13.6. The van der Waals surface area contributed by atoms with Gasteiger partial charge < -0.3 is 40.1 Å². The standard InChI is InChI=1S/C31H31N5O8/c1-15(37)33-20-8-5-16-11-25(42-2)28(43-3)29(44-4)27(16)18-7-10-22(24(38)13-19(18)20)32-14-26(39)34-17-6-9-21-23(12-17)36-31(41)30(40)35-21/h6-7,9-13,20H,5,8,14H2,1-4H3,(H,32,38)(H,33,37)(H,34,39)(H,35,40)(H,36,41). The first-order chi connectivity index (χ1) is 21.1. The maximum absolute atomic E-state index is 13.5. The number of aromatic amines is 2. The van der Waals surface area contributed by atoms with Crippen molar-refractivity contribution in [3.05, 3.63) is 84.5 Å². The van der Waals surface area contributed by atoms with E-state index < -0.39 is 23.1 Å². The van der Waals surface area contributed by atoms with Gasteiger partial charge in [0.15, 0.2) is 11.5 Å². The largest absolute Gasteiger partial charge is 0.493 e. The smallest absolute Gasteiger partial charge is 0.314 e. The molecule has 1 aromatic heterocycles. The van der Waals surface area contributed by atoms with Crippen LogP contribution in [0.1, 0.15) is 30.5 Å². The number of nitrogens with one attached hydrogen (secondary N) is 5. The predicted octanol–water partition coefficient (Wildman–Crippen LogP) is 2.44. The molecule has 5 rings (SSSR count). The van der Waals surface area contributed by atoms with Crippen molar-refractivity contribution in [2.45, 2.75) is 25.8 Å². The Hall–Kier alpha value is -5.59. The highest BCUT2D eigenvalue weighted by Crippen LogP contribution is 2.50. The minimum Gasteiger partial charge on any atom is -0.493 e. The molecule has 1 aliphatic rings. The fraction of sp³-hybridized carbons (Fsp3) is 0.258. The van der Waals surface area contributed by atoms with Gasteiger partial charge in [-0.15, -0.1) is 0 Å². The monoisotopic (exact) mass is 601 g/mol. The molecule has 13 nitrogen and oxygen atoms in total. The molecule has 1 unspecified atom stereocenters. The van der Waals surface area contributed by atoms with Crippen LogP contribution in [0.2, 0.25) is 0 Å². The molecule has 13 heteroatoms. The van der Waals surface area contributed by atoms with Crippen molar-refractivity contribution >= 4 is 34.2 Å². The second-order valence-corrected chi connectivity index (χ2v) is 10.2. The Morgan fingerprint density at radius 2 is 1.61 bits per heavy atom. The Morgan fingerprint density at radius 1 is 0.886 bits per heavy atom. The first-order valence-electron chi connectivity index (χ1n) is 13.7. The van der Waals surface area contributed by atoms with E-state index in [-0.39, 0.29) is 23.6 Å². The lowest BCUT2D eigenvalue weighted by atomic mass is 9.95. The minimum atomic E-state index is -0.806. The van der Waals surface area contributed by atoms with Gasteiger partial charge in [0, 0.05) is 18.2 Å². The molecule has 0 radical (unpaired) electrons. The van der Waals surface area contributed by atoms with Crippen LogP contribution < -0.4 is 46.7 Å². The molecule has 0 saturated heterocycles. The molecule has 0 fully saturated rings. The van der Waals surface area contributed by atoms with Crippen LogP contribution in [-0.2, 0) is 16.0 Å². The van der Waals surface area contributed by atoms with Crippen LogP contribution in [0.3, 0.4) is 0 Å². The van der Waals surface area contributed by atoms with Crippen LogP contribution in [0.15, 0.2) is 56.8 Å². The van der Waals surface area contributed by atoms with Crippen LogP contribution in [0.4, 0.5) is 11.4 Å². The summed E-state index contributed by atoms with van der Waals surface area (Å²) in [6, 6.07) is 10.8. The number of methoxy groups -OCH3 is 3. The number of rotatable bonds is 8. The summed E-state index contributed by atoms with van der Waals surface area (Å²) < 4.78 is 17.0. The summed E-state index contributed by atoms with van der Waals surface area (Å²) in [4.78, 5) is 66.5. The molecule has 4 aromatic rings. The zero-order valence-electron chi connectivity index (χ0n) is 24.5. The topological polar surface area (TPSA) is 181 Å². The van der Waals surface area contributed by atoms with Crippen LogP contribution in [0.25, 0.3) is 22.2 Å². The summed E-state index contributed by atoms with van der Waals surface area (Å²) in [5, 5.41) is 8.56. The number of aryl methyl sites for hydroxylation is 1. The molecule has 1 atom stereocenters. The van der Waals surface area contributed by atoms with Crippen molar-refractivity contribution in [3.63, 3.8) is 0 Å². The van der Waals surface area contributed by atoms with Crippen molar-refractivity contribution < 1.29 is 23.8 Å². The Bertz CT molecular complexity index is 1970. The van der Waals surface area contributed by atoms with E-state index in [1.54, 1.807) is 24.3 Å². The SMILES string of the molecule is COc1cc2c(c(OC)c1OC)-c1ccc(NCC(=O)Nc3ccc4[nH]c(=O)c(=O)[nH]c4c3)c(=O)cc1C(NC(C)=O)CC2. The lowest BCUT2D eigenvalue weighted by Crippen LogP contribution is -2.29. The number of fused-ring (bicyclic) bond motifs is 4. The number of hydrogen-bond donors (Lipinski definition) is 5. The van der Waals surface area contributed by atoms with Crippen LogP contribution >= 0.6 is 0 Å². The number of ether oxygens (including phenoxy) is 3. The highest BCUT2D eigenvalue weighted by molar-refractivity contribution is 5.95. The summed E-state index contributed by atoms with van der Waals surface area (Å²) in [5.41, 5.74) is 2.19. The fourth-order valence-corrected chi connectivity index (χ4v) is 5.43. The van der Waals surface area contributed by atoms with Gasteiger partial charge >= 0.3 is 11.1 Å². The second kappa shape index (κ2) is 12.3. The second-order valence-electron chi connectivity index (χ2n) is 10.2. The van der Waals surface area contributed by atoms with Gasteiger partial charge in [-0.1, -0.05) is 6.07 Å². The number of H-pyrrole nitrogens is 2. The Kier molecular flexibility index (Phi) is 8.38. The van der Waals surface area contributed by atoms with E-state index >= 15 is 0 Å². The molecule has 228 valence electrons. The first kappa shape index (κ1) is 29.9. The van der Waals surface area contributed by atoms with E-state index in [0.29, 0.717) is 63.5 Å². The Balaban J connectivity index is 1.49. The van der Waals surface area contributed by atoms with Crippen LogP contribution in [0.5, 0.6) is 17.2 Å². The van der Waals surface area contributed by atoms with Gasteiger partial charge in [-0.05, 0) is 65.9 Å². The molecule has 44 heavy (non-hydrogen) atoms. The molecule has 1 heterocycles. The molecule has 1 aliphatic carbocycles. The molecular weight excluding hydrogens is 570 g/mol. The summed E-state index contributed by atoms with van der Waals surface area (Å²) in [6.45, 7) is 1.17. The average molecular weight is 602 g/mol. The van der Waals surface area contributed by atoms with Gasteiger partial charge in [-0.25, -0.2) is 0 Å². The van der Waals surface area contributed by atoms with Crippen molar-refractivity contribution in [2.75, 3.05) is 38.5 Å². The average Bonchev–Trinajstić information content (AvgIpc) is 3.23. The van der Waals surface area contributed by atoms with Gasteiger partial charge in [0.2, 0.25) is 23.0 Å². The van der Waals surface area contributed by atoms with Crippen molar-refractivity contribution in [2.24, 2.45) is 0 Å². The molecule has 0 spiro atoms. The highest BCUT2D eigenvalue weighted by atomic mass is 16.5. The third kappa shape index (κ3) is 5.84. The molecule has 5 N–H and O–H groups in total. The third-order valence-corrected chi connectivity index (χ3v) is 7.36. The summed E-state index contributed by atoms with van der Waals surface area (Å²) in [7, 11) is 4.57. The maximum Gasteiger partial charge on any atom is 0.314 e. The number of amides is 2. The van der Waals surface area contributed by atoms with Crippen molar-refractivity contribution in [3.8, 4) is 28.4 Å². The van der Waals surface area contributed by atoms with E-state index in [1.807, 2.05) is 6.07 Å². The van der Waals surface area contributed by atoms with Gasteiger partial charge in [0.1, 0.15) is 0 Å². The van der Waals surface area contributed by atoms with Gasteiger partial charge in [-0.3, -0.25) is 24.0 Å². The first-order valence-corrected chi connectivity index (χ1v) is 13.7. The molecule has 2 amide bonds. The lowest BCUT2D eigenvalue weighted by Gasteiger charge is -2.19. The van der Waals surface area contributed by atoms with E-state index in [0.717, 1.165) is 5.56 Å². The summed E-state index contributed by atoms with van der Waals surface area (Å²) >= 11 is 0. The fourth-order valence-electron chi connectivity index (χ4n) is 5.43. The summed E-state index contributed by atoms with van der Waals surface area (Å²) in [5.74, 6) is 0.619. The van der Waals surface area contributed by atoms with Gasteiger partial charge in [-0.2, -0.15) is 0 Å². The maximum atomic E-state index is 13.5. The summed E-state index contributed by atoms with van der Waals surface area (Å²) in [6.07, 6.45) is 1.07. The molecule has 0 saturated carbocycles. The number of benzene rings is 2. The van der Waals surface area contributed by atoms with Gasteiger partial charge in [0.05, 0.1) is 50.6 Å². The number of carbonyl (C=O) groups is 2. The molecule has 0 bridgehead atoms. The zero-order valence-corrected chi connectivity index (χ0v) is 24.5. The van der Waals surface area contributed by atoms with Crippen molar-refractivity contribution in [1.82, 2.24) is 15.3 Å².